The molecule has 1 aromatic rings. The molecular weight excluding hydrogens is 408 g/mol. The average Bonchev–Trinajstić information content (AvgIpc) is 2.77. The number of benzene rings is 1. The van der Waals surface area contributed by atoms with Crippen molar-refractivity contribution in [2.45, 2.75) is 63.3 Å². The minimum atomic E-state index is -0.523. The molecule has 1 saturated carbocycles. The predicted octanol–water partition coefficient (Wildman–Crippen LogP) is -0.922. The Balaban J connectivity index is 1.58. The Morgan fingerprint density at radius 1 is 1.09 bits per heavy atom. The Hall–Kier alpha value is -2.49. The van der Waals surface area contributed by atoms with Gasteiger partial charge in [0.2, 0.25) is 5.91 Å². The first-order chi connectivity index (χ1) is 15.4. The summed E-state index contributed by atoms with van der Waals surface area (Å²) in [6, 6.07) is 6.72. The standard InChI is InChI=1S/C23H36N6O3/c1-26-19(30)14-27-20(16-5-3-2-4-6-16)23(32)29-12-11-18(29)22(31)28-13-15-7-9-17(10-8-15)21(24)25/h7-10,16,18,20-21,27H,2-6,11-14,24-25H2,1H3,(H,26,30)(H,28,31)/p+1/t18-,20+/m0/s1. The third-order valence-corrected chi connectivity index (χ3v) is 6.72. The summed E-state index contributed by atoms with van der Waals surface area (Å²) in [7, 11) is 1.60. The molecule has 0 spiro atoms. The molecule has 3 rings (SSSR count). The molecule has 3 amide bonds. The van der Waals surface area contributed by atoms with Crippen molar-refractivity contribution in [1.82, 2.24) is 15.5 Å². The van der Waals surface area contributed by atoms with Crippen LogP contribution in [0.5, 0.6) is 0 Å². The highest BCUT2D eigenvalue weighted by Gasteiger charge is 2.44. The molecule has 0 unspecified atom stereocenters. The van der Waals surface area contributed by atoms with Gasteiger partial charge in [-0.1, -0.05) is 43.5 Å². The fourth-order valence-corrected chi connectivity index (χ4v) is 4.60. The molecule has 8 N–H and O–H groups in total. The zero-order valence-electron chi connectivity index (χ0n) is 18.9. The van der Waals surface area contributed by atoms with Crippen molar-refractivity contribution in [2.24, 2.45) is 17.4 Å². The van der Waals surface area contributed by atoms with Gasteiger partial charge in [0.25, 0.3) is 11.8 Å². The van der Waals surface area contributed by atoms with Crippen LogP contribution in [-0.4, -0.2) is 54.8 Å². The van der Waals surface area contributed by atoms with Crippen molar-refractivity contribution in [3.8, 4) is 0 Å². The lowest BCUT2D eigenvalue weighted by molar-refractivity contribution is -0.674. The van der Waals surface area contributed by atoms with Gasteiger partial charge in [0.05, 0.1) is 6.17 Å². The number of nitrogens with one attached hydrogen (secondary N) is 2. The van der Waals surface area contributed by atoms with Crippen molar-refractivity contribution in [3.05, 3.63) is 35.4 Å². The molecule has 1 aliphatic heterocycles. The first-order valence-electron chi connectivity index (χ1n) is 11.6. The van der Waals surface area contributed by atoms with Crippen LogP contribution in [0.1, 0.15) is 55.8 Å². The van der Waals surface area contributed by atoms with Crippen LogP contribution in [0.2, 0.25) is 0 Å². The highest BCUT2D eigenvalue weighted by atomic mass is 16.2. The van der Waals surface area contributed by atoms with Gasteiger partial charge in [-0.15, -0.1) is 0 Å². The Morgan fingerprint density at radius 3 is 2.34 bits per heavy atom. The first kappa shape index (κ1) is 24.2. The highest BCUT2D eigenvalue weighted by Crippen LogP contribution is 2.28. The molecule has 2 aliphatic rings. The van der Waals surface area contributed by atoms with Crippen LogP contribution >= 0.6 is 0 Å². The summed E-state index contributed by atoms with van der Waals surface area (Å²) in [4.78, 5) is 39.6. The van der Waals surface area contributed by atoms with Gasteiger partial charge in [0, 0.05) is 26.1 Å². The number of likely N-dealkylation sites (tertiary alicyclic amines) is 1. The number of hydrogen-bond donors (Lipinski definition) is 5. The second kappa shape index (κ2) is 11.4. The number of carbonyl (C=O) groups excluding carboxylic acids is 3. The van der Waals surface area contributed by atoms with Gasteiger partial charge in [-0.2, -0.15) is 0 Å². The van der Waals surface area contributed by atoms with Crippen molar-refractivity contribution in [2.75, 3.05) is 20.1 Å². The number of quaternary nitrogens is 1. The van der Waals surface area contributed by atoms with Crippen LogP contribution < -0.4 is 27.4 Å². The number of likely N-dealkylation sites (N-methyl/N-ethyl adjacent to an activating group) is 1. The largest absolute Gasteiger partial charge is 0.354 e. The maximum Gasteiger partial charge on any atom is 0.281 e. The van der Waals surface area contributed by atoms with Crippen molar-refractivity contribution < 1.29 is 19.7 Å². The lowest BCUT2D eigenvalue weighted by Gasteiger charge is -2.42. The van der Waals surface area contributed by atoms with Crippen LogP contribution in [0.3, 0.4) is 0 Å². The van der Waals surface area contributed by atoms with Crippen molar-refractivity contribution in [1.29, 1.82) is 0 Å². The van der Waals surface area contributed by atoms with E-state index in [1.54, 1.807) is 11.9 Å². The second-order valence-electron chi connectivity index (χ2n) is 8.86. The number of rotatable bonds is 9. The first-order valence-corrected chi connectivity index (χ1v) is 11.6. The zero-order chi connectivity index (χ0) is 23.1. The van der Waals surface area contributed by atoms with Gasteiger partial charge in [0.1, 0.15) is 6.04 Å². The molecule has 176 valence electrons. The third-order valence-electron chi connectivity index (χ3n) is 6.72. The van der Waals surface area contributed by atoms with E-state index in [2.05, 4.69) is 10.6 Å². The fourth-order valence-electron chi connectivity index (χ4n) is 4.60. The maximum atomic E-state index is 13.4. The summed E-state index contributed by atoms with van der Waals surface area (Å²) in [6.45, 7) is 1.18. The fraction of sp³-hybridized carbons (Fsp3) is 0.609. The molecule has 2 fully saturated rings. The van der Waals surface area contributed by atoms with E-state index >= 15 is 0 Å². The Bertz CT molecular complexity index is 791. The Labute approximate surface area is 189 Å². The number of nitrogens with two attached hydrogens (primary N) is 3. The van der Waals surface area contributed by atoms with E-state index in [0.29, 0.717) is 19.5 Å². The van der Waals surface area contributed by atoms with Gasteiger partial charge in [-0.05, 0) is 30.4 Å². The van der Waals surface area contributed by atoms with Crippen LogP contribution in [0.25, 0.3) is 0 Å². The molecule has 0 radical (unpaired) electrons. The predicted molar refractivity (Wildman–Crippen MR) is 121 cm³/mol. The Morgan fingerprint density at radius 2 is 1.78 bits per heavy atom. The van der Waals surface area contributed by atoms with Gasteiger partial charge >= 0.3 is 0 Å². The van der Waals surface area contributed by atoms with Gasteiger partial charge in [-0.25, -0.2) is 0 Å². The number of amides is 3. The molecule has 1 saturated heterocycles. The number of carbonyl (C=O) groups is 3. The minimum Gasteiger partial charge on any atom is -0.354 e. The second-order valence-corrected chi connectivity index (χ2v) is 8.86. The summed E-state index contributed by atoms with van der Waals surface area (Å²) in [5.74, 6) is -0.0119. The lowest BCUT2D eigenvalue weighted by Crippen LogP contribution is -2.96. The van der Waals surface area contributed by atoms with E-state index in [-0.39, 0.29) is 36.2 Å². The topological polar surface area (TPSA) is 147 Å². The monoisotopic (exact) mass is 445 g/mol. The minimum absolute atomic E-state index is 0.0199. The van der Waals surface area contributed by atoms with E-state index in [4.69, 9.17) is 11.5 Å². The SMILES string of the molecule is CNC(=O)C[NH2+][C@@H](C(=O)N1CC[C@H]1C(=O)NCc1ccc(C(N)N)cc1)C1CCCCC1. The summed E-state index contributed by atoms with van der Waals surface area (Å²) in [6.07, 6.45) is 5.54. The molecular formula is C23H37N6O3+. The van der Waals surface area contributed by atoms with Crippen molar-refractivity contribution in [3.63, 3.8) is 0 Å². The van der Waals surface area contributed by atoms with E-state index in [0.717, 1.165) is 36.8 Å². The summed E-state index contributed by atoms with van der Waals surface area (Å²) < 4.78 is 0. The van der Waals surface area contributed by atoms with Crippen LogP contribution in [0, 0.1) is 5.92 Å². The average molecular weight is 446 g/mol. The van der Waals surface area contributed by atoms with E-state index < -0.39 is 12.2 Å². The molecule has 9 nitrogen and oxygen atoms in total. The third kappa shape index (κ3) is 6.05. The number of hydrogen-bond acceptors (Lipinski definition) is 5. The summed E-state index contributed by atoms with van der Waals surface area (Å²) in [5, 5.41) is 7.41. The molecule has 1 aromatic carbocycles. The van der Waals surface area contributed by atoms with E-state index in [1.807, 2.05) is 29.6 Å². The smallest absolute Gasteiger partial charge is 0.281 e. The molecule has 1 aliphatic carbocycles. The molecule has 0 bridgehead atoms. The van der Waals surface area contributed by atoms with Gasteiger partial charge in [-0.3, -0.25) is 14.4 Å². The van der Waals surface area contributed by atoms with Crippen LogP contribution in [0.15, 0.2) is 24.3 Å². The van der Waals surface area contributed by atoms with Crippen molar-refractivity contribution >= 4 is 17.7 Å². The molecule has 32 heavy (non-hydrogen) atoms. The quantitative estimate of drug-likeness (QED) is 0.312. The molecule has 9 heteroatoms. The van der Waals surface area contributed by atoms with Gasteiger partial charge in [0.15, 0.2) is 12.6 Å². The molecule has 2 atom stereocenters. The normalized spacial score (nSPS) is 19.9. The number of nitrogens with zero attached hydrogens (tertiary/aromatic N) is 1. The molecule has 1 heterocycles. The zero-order valence-corrected chi connectivity index (χ0v) is 18.9. The maximum absolute atomic E-state index is 13.4. The van der Waals surface area contributed by atoms with Crippen LogP contribution in [0.4, 0.5) is 0 Å². The van der Waals surface area contributed by atoms with Gasteiger partial charge < -0.3 is 32.3 Å². The van der Waals surface area contributed by atoms with E-state index in [9.17, 15) is 14.4 Å². The Kier molecular flexibility index (Phi) is 8.60. The molecule has 0 aromatic heterocycles. The summed E-state index contributed by atoms with van der Waals surface area (Å²) >= 11 is 0. The summed E-state index contributed by atoms with van der Waals surface area (Å²) in [5.41, 5.74) is 13.1. The lowest BCUT2D eigenvalue weighted by atomic mass is 9.82. The van der Waals surface area contributed by atoms with Crippen LogP contribution in [-0.2, 0) is 20.9 Å². The van der Waals surface area contributed by atoms with E-state index in [1.165, 1.54) is 6.42 Å². The highest BCUT2D eigenvalue weighted by molar-refractivity contribution is 5.91.